The number of pyridine rings is 1. The molecule has 0 bridgehead atoms. The van der Waals surface area contributed by atoms with Crippen molar-refractivity contribution >= 4 is 10.8 Å². The molecule has 0 amide bonds. The van der Waals surface area contributed by atoms with Crippen molar-refractivity contribution in [2.24, 2.45) is 0 Å². The first-order valence-electron chi connectivity index (χ1n) is 20.1. The van der Waals surface area contributed by atoms with Crippen molar-refractivity contribution in [3.63, 3.8) is 0 Å². The van der Waals surface area contributed by atoms with Gasteiger partial charge in [0.25, 0.3) is 0 Å². The molecule has 0 N–H and O–H groups in total. The Morgan fingerprint density at radius 3 is 1.70 bits per heavy atom. The van der Waals surface area contributed by atoms with E-state index in [1.807, 2.05) is 91.3 Å². The fraction of sp³-hybridized carbons (Fsp3) is 0.0182. The lowest BCUT2D eigenvalue weighted by molar-refractivity contribution is 0.469. The smallest absolute Gasteiger partial charge is 0.164 e. The fourth-order valence-electron chi connectivity index (χ4n) is 8.77. The highest BCUT2D eigenvalue weighted by Gasteiger charge is 2.44. The van der Waals surface area contributed by atoms with Crippen molar-refractivity contribution in [2.75, 3.05) is 0 Å². The standard InChI is InChI=1S/C55H36N4O/c1-2-12-33-60-51-21-10-9-20-50(51)55(31-11-1)48-28-26-42(34-45(48)46-35-43(27-29-49(46)55)44-19-13-18-38-30-32-56-36-47(38)44)37-22-24-41(25-23-37)54-58-52(39-14-5-3-6-15-39)57-53(59-54)40-16-7-4-8-17-40/h1-36H/b2-1?,31-11+,33-12?. The number of aromatic nitrogens is 4. The number of ether oxygens (including phenoxy) is 1. The molecule has 1 atom stereocenters. The summed E-state index contributed by atoms with van der Waals surface area (Å²) in [6.45, 7) is 0. The maximum atomic E-state index is 6.34. The molecule has 5 nitrogen and oxygen atoms in total. The molecule has 2 aliphatic rings. The number of allylic oxidation sites excluding steroid dienone is 5. The number of para-hydroxylation sites is 1. The van der Waals surface area contributed by atoms with Gasteiger partial charge in [0.15, 0.2) is 17.5 Å². The summed E-state index contributed by atoms with van der Waals surface area (Å²) >= 11 is 0. The third-order valence-electron chi connectivity index (χ3n) is 11.6. The molecule has 0 saturated heterocycles. The van der Waals surface area contributed by atoms with Crippen LogP contribution >= 0.6 is 0 Å². The Morgan fingerprint density at radius 1 is 0.400 bits per heavy atom. The minimum Gasteiger partial charge on any atom is -0.465 e. The van der Waals surface area contributed by atoms with Gasteiger partial charge in [-0.15, -0.1) is 0 Å². The average molecular weight is 769 g/mol. The van der Waals surface area contributed by atoms with Crippen LogP contribution in [0.3, 0.4) is 0 Å². The van der Waals surface area contributed by atoms with E-state index in [9.17, 15) is 0 Å². The van der Waals surface area contributed by atoms with Gasteiger partial charge in [-0.25, -0.2) is 15.0 Å². The molecule has 282 valence electrons. The molecule has 7 aromatic carbocycles. The van der Waals surface area contributed by atoms with Crippen molar-refractivity contribution in [1.29, 1.82) is 0 Å². The van der Waals surface area contributed by atoms with E-state index in [0.29, 0.717) is 17.5 Å². The summed E-state index contributed by atoms with van der Waals surface area (Å²) < 4.78 is 6.34. The second-order valence-electron chi connectivity index (χ2n) is 15.0. The van der Waals surface area contributed by atoms with Gasteiger partial charge in [-0.3, -0.25) is 4.98 Å². The van der Waals surface area contributed by atoms with E-state index >= 15 is 0 Å². The molecule has 0 radical (unpaired) electrons. The molecule has 3 heterocycles. The second-order valence-corrected chi connectivity index (χ2v) is 15.0. The van der Waals surface area contributed by atoms with Gasteiger partial charge < -0.3 is 4.74 Å². The van der Waals surface area contributed by atoms with Crippen molar-refractivity contribution in [3.05, 3.63) is 236 Å². The maximum Gasteiger partial charge on any atom is 0.164 e. The van der Waals surface area contributed by atoms with Crippen molar-refractivity contribution in [3.8, 4) is 73.3 Å². The first-order chi connectivity index (χ1) is 29.7. The lowest BCUT2D eigenvalue weighted by atomic mass is 9.71. The summed E-state index contributed by atoms with van der Waals surface area (Å²) in [4.78, 5) is 19.3. The van der Waals surface area contributed by atoms with Crippen LogP contribution in [0.1, 0.15) is 16.7 Å². The largest absolute Gasteiger partial charge is 0.465 e. The lowest BCUT2D eigenvalue weighted by Crippen LogP contribution is -2.25. The van der Waals surface area contributed by atoms with Crippen molar-refractivity contribution in [1.82, 2.24) is 19.9 Å². The molecule has 1 aliphatic heterocycles. The molecule has 11 rings (SSSR count). The van der Waals surface area contributed by atoms with Crippen LogP contribution < -0.4 is 4.74 Å². The maximum absolute atomic E-state index is 6.34. The number of benzene rings is 7. The van der Waals surface area contributed by atoms with E-state index < -0.39 is 5.41 Å². The van der Waals surface area contributed by atoms with E-state index in [1.165, 1.54) is 22.3 Å². The number of rotatable bonds is 5. The molecule has 0 saturated carbocycles. The molecular weight excluding hydrogens is 733 g/mol. The Bertz CT molecular complexity index is 3110. The number of hydrogen-bond acceptors (Lipinski definition) is 5. The van der Waals surface area contributed by atoms with E-state index in [-0.39, 0.29) is 0 Å². The van der Waals surface area contributed by atoms with Gasteiger partial charge in [0.1, 0.15) is 5.75 Å². The summed E-state index contributed by atoms with van der Waals surface area (Å²) in [5.41, 5.74) is 12.6. The lowest BCUT2D eigenvalue weighted by Gasteiger charge is -2.31. The molecule has 2 aromatic heterocycles. The summed E-state index contributed by atoms with van der Waals surface area (Å²) in [5.74, 6) is 2.73. The van der Waals surface area contributed by atoms with E-state index in [4.69, 9.17) is 19.7 Å². The number of fused-ring (bicyclic) bond motifs is 8. The van der Waals surface area contributed by atoms with Gasteiger partial charge in [0.2, 0.25) is 0 Å². The SMILES string of the molecule is C1=C/C=C/C2(c3ccccc3OC=C1)c1ccc(-c3ccc(-c4nc(-c5ccccc5)nc(-c5ccccc5)n4)cc3)cc1-c1cc(-c3cccc4ccncc34)ccc12. The Hall–Kier alpha value is -8.02. The molecule has 9 aromatic rings. The minimum absolute atomic E-state index is 0.608. The van der Waals surface area contributed by atoms with Crippen LogP contribution in [0.15, 0.2) is 219 Å². The Kier molecular flexibility index (Phi) is 8.63. The van der Waals surface area contributed by atoms with Crippen molar-refractivity contribution in [2.45, 2.75) is 5.41 Å². The Morgan fingerprint density at radius 2 is 0.983 bits per heavy atom. The highest BCUT2D eigenvalue weighted by molar-refractivity contribution is 5.98. The summed E-state index contributed by atoms with van der Waals surface area (Å²) in [5, 5.41) is 2.29. The van der Waals surface area contributed by atoms with Gasteiger partial charge in [0, 0.05) is 40.0 Å². The molecule has 60 heavy (non-hydrogen) atoms. The van der Waals surface area contributed by atoms with E-state index in [1.54, 1.807) is 6.26 Å². The van der Waals surface area contributed by atoms with Crippen LogP contribution in [0, 0.1) is 0 Å². The van der Waals surface area contributed by atoms with Gasteiger partial charge >= 0.3 is 0 Å². The van der Waals surface area contributed by atoms with Gasteiger partial charge in [0.05, 0.1) is 11.7 Å². The van der Waals surface area contributed by atoms with Gasteiger partial charge in [-0.2, -0.15) is 0 Å². The summed E-state index contributed by atoms with van der Waals surface area (Å²) in [6.07, 6.45) is 16.1. The van der Waals surface area contributed by atoms with Crippen molar-refractivity contribution < 1.29 is 4.74 Å². The Labute approximate surface area is 348 Å². The topological polar surface area (TPSA) is 60.8 Å². The van der Waals surface area contributed by atoms with Gasteiger partial charge in [-0.05, 0) is 80.2 Å². The van der Waals surface area contributed by atoms with E-state index in [0.717, 1.165) is 61.0 Å². The van der Waals surface area contributed by atoms with Crippen LogP contribution in [-0.4, -0.2) is 19.9 Å². The number of hydrogen-bond donors (Lipinski definition) is 0. The second kappa shape index (κ2) is 14.7. The zero-order chi connectivity index (χ0) is 39.9. The monoisotopic (exact) mass is 768 g/mol. The highest BCUT2D eigenvalue weighted by atomic mass is 16.5. The summed E-state index contributed by atoms with van der Waals surface area (Å²) in [7, 11) is 0. The van der Waals surface area contributed by atoms with Gasteiger partial charge in [-0.1, -0.05) is 170 Å². The zero-order valence-corrected chi connectivity index (χ0v) is 32.5. The normalized spacial score (nSPS) is 15.5. The van der Waals surface area contributed by atoms with E-state index in [2.05, 4.69) is 126 Å². The first-order valence-corrected chi connectivity index (χ1v) is 20.1. The van der Waals surface area contributed by atoms with Crippen LogP contribution in [0.5, 0.6) is 5.75 Å². The quantitative estimate of drug-likeness (QED) is 0.174. The third-order valence-corrected chi connectivity index (χ3v) is 11.6. The first kappa shape index (κ1) is 35.2. The predicted octanol–water partition coefficient (Wildman–Crippen LogP) is 13.1. The van der Waals surface area contributed by atoms with Crippen LogP contribution in [0.4, 0.5) is 0 Å². The van der Waals surface area contributed by atoms with Crippen LogP contribution in [-0.2, 0) is 5.41 Å². The predicted molar refractivity (Wildman–Crippen MR) is 242 cm³/mol. The Balaban J connectivity index is 1.06. The fourth-order valence-corrected chi connectivity index (χ4v) is 8.77. The highest BCUT2D eigenvalue weighted by Crippen LogP contribution is 2.57. The third kappa shape index (κ3) is 6.03. The molecule has 0 fully saturated rings. The number of nitrogens with zero attached hydrogens (tertiary/aromatic N) is 4. The molecule has 1 unspecified atom stereocenters. The minimum atomic E-state index is -0.608. The average Bonchev–Trinajstić information content (AvgIpc) is 3.60. The molecule has 1 spiro atoms. The molecule has 1 aliphatic carbocycles. The molecule has 5 heteroatoms. The van der Waals surface area contributed by atoms with Crippen LogP contribution in [0.25, 0.3) is 78.3 Å². The molecular formula is C55H36N4O. The zero-order valence-electron chi connectivity index (χ0n) is 32.5. The summed E-state index contributed by atoms with van der Waals surface area (Å²) in [6, 6.07) is 59.5. The van der Waals surface area contributed by atoms with Crippen LogP contribution in [0.2, 0.25) is 0 Å².